The Morgan fingerprint density at radius 3 is 2.89 bits per heavy atom. The molecule has 1 saturated heterocycles. The van der Waals surface area contributed by atoms with Gasteiger partial charge in [0.05, 0.1) is 6.10 Å². The van der Waals surface area contributed by atoms with Crippen molar-refractivity contribution >= 4 is 5.69 Å². The lowest BCUT2D eigenvalue weighted by Crippen LogP contribution is -2.30. The van der Waals surface area contributed by atoms with Gasteiger partial charge >= 0.3 is 0 Å². The summed E-state index contributed by atoms with van der Waals surface area (Å²) in [4.78, 5) is 6.73. The normalized spacial score (nSPS) is 19.2. The molecule has 1 aromatic heterocycles. The molecule has 1 atom stereocenters. The number of pyridine rings is 1. The van der Waals surface area contributed by atoms with Crippen LogP contribution in [0.3, 0.4) is 0 Å². The van der Waals surface area contributed by atoms with Crippen molar-refractivity contribution in [1.29, 1.82) is 0 Å². The second-order valence-corrected chi connectivity index (χ2v) is 5.07. The van der Waals surface area contributed by atoms with Crippen molar-refractivity contribution in [3.05, 3.63) is 23.0 Å². The van der Waals surface area contributed by atoms with Crippen molar-refractivity contribution in [3.63, 3.8) is 0 Å². The van der Waals surface area contributed by atoms with Gasteiger partial charge in [0.2, 0.25) is 0 Å². The highest BCUT2D eigenvalue weighted by Gasteiger charge is 2.19. The van der Waals surface area contributed by atoms with Gasteiger partial charge in [-0.15, -0.1) is 0 Å². The van der Waals surface area contributed by atoms with Crippen LogP contribution in [-0.2, 0) is 11.3 Å². The summed E-state index contributed by atoms with van der Waals surface area (Å²) in [6, 6.07) is 2.12. The number of hydrogen-bond acceptors (Lipinski definition) is 4. The van der Waals surface area contributed by atoms with E-state index in [0.29, 0.717) is 12.6 Å². The van der Waals surface area contributed by atoms with Crippen LogP contribution in [0, 0.1) is 13.8 Å². The Morgan fingerprint density at radius 1 is 1.50 bits per heavy atom. The van der Waals surface area contributed by atoms with E-state index in [1.807, 2.05) is 13.8 Å². The number of likely N-dealkylation sites (N-methyl/N-ethyl adjacent to an activating group) is 1. The highest BCUT2D eigenvalue weighted by Crippen LogP contribution is 2.24. The molecule has 4 heteroatoms. The fourth-order valence-electron chi connectivity index (χ4n) is 2.62. The summed E-state index contributed by atoms with van der Waals surface area (Å²) in [6.45, 7) is 6.41. The largest absolute Gasteiger partial charge is 0.376 e. The summed E-state index contributed by atoms with van der Waals surface area (Å²) in [5.41, 5.74) is 10.3. The second-order valence-electron chi connectivity index (χ2n) is 5.07. The fourth-order valence-corrected chi connectivity index (χ4v) is 2.62. The molecule has 18 heavy (non-hydrogen) atoms. The molecule has 1 aliphatic rings. The van der Waals surface area contributed by atoms with Crippen LogP contribution >= 0.6 is 0 Å². The molecule has 2 rings (SSSR count). The van der Waals surface area contributed by atoms with Gasteiger partial charge in [-0.3, -0.25) is 4.98 Å². The summed E-state index contributed by atoms with van der Waals surface area (Å²) in [5, 5.41) is 0. The van der Waals surface area contributed by atoms with E-state index in [9.17, 15) is 0 Å². The average Bonchev–Trinajstić information content (AvgIpc) is 2.80. The van der Waals surface area contributed by atoms with Crippen LogP contribution in [0.5, 0.6) is 0 Å². The Labute approximate surface area is 109 Å². The molecule has 2 heterocycles. The highest BCUT2D eigenvalue weighted by atomic mass is 16.5. The minimum atomic E-state index is 0.356. The molecule has 0 aromatic carbocycles. The lowest BCUT2D eigenvalue weighted by Gasteiger charge is -2.26. The predicted molar refractivity (Wildman–Crippen MR) is 73.8 cm³/mol. The van der Waals surface area contributed by atoms with E-state index in [4.69, 9.17) is 10.5 Å². The Morgan fingerprint density at radius 2 is 2.28 bits per heavy atom. The number of aryl methyl sites for hydroxylation is 2. The van der Waals surface area contributed by atoms with Gasteiger partial charge in [-0.25, -0.2) is 0 Å². The zero-order valence-electron chi connectivity index (χ0n) is 11.6. The fraction of sp³-hybridized carbons (Fsp3) is 0.643. The highest BCUT2D eigenvalue weighted by molar-refractivity contribution is 5.55. The Bertz CT molecular complexity index is 414. The lowest BCUT2D eigenvalue weighted by molar-refractivity contribution is 0.116. The minimum Gasteiger partial charge on any atom is -0.376 e. The average molecular weight is 249 g/mol. The maximum Gasteiger partial charge on any atom is 0.0750 e. The Balaban J connectivity index is 2.19. The molecule has 1 aromatic rings. The molecule has 1 aliphatic heterocycles. The summed E-state index contributed by atoms with van der Waals surface area (Å²) in [6.07, 6.45) is 2.69. The van der Waals surface area contributed by atoms with Crippen LogP contribution in [-0.4, -0.2) is 31.3 Å². The molecule has 0 aliphatic carbocycles. The van der Waals surface area contributed by atoms with Crippen LogP contribution in [0.2, 0.25) is 0 Å². The number of hydrogen-bond donors (Lipinski definition) is 1. The standard InChI is InChI=1S/C14H23N3O/c1-10-7-14(13(8-15)11(2)16-10)17(3)9-12-5-4-6-18-12/h7,12H,4-6,8-9,15H2,1-3H3. The molecule has 0 amide bonds. The molecule has 4 nitrogen and oxygen atoms in total. The SMILES string of the molecule is Cc1cc(N(C)CC2CCCO2)c(CN)c(C)n1. The van der Waals surface area contributed by atoms with E-state index in [0.717, 1.165) is 36.5 Å². The van der Waals surface area contributed by atoms with Crippen LogP contribution in [0.4, 0.5) is 5.69 Å². The summed E-state index contributed by atoms with van der Waals surface area (Å²) < 4.78 is 5.69. The summed E-state index contributed by atoms with van der Waals surface area (Å²) >= 11 is 0. The van der Waals surface area contributed by atoms with Gasteiger partial charge in [-0.1, -0.05) is 0 Å². The summed E-state index contributed by atoms with van der Waals surface area (Å²) in [5.74, 6) is 0. The molecule has 0 saturated carbocycles. The van der Waals surface area contributed by atoms with E-state index in [1.54, 1.807) is 0 Å². The Kier molecular flexibility index (Phi) is 4.19. The van der Waals surface area contributed by atoms with Gasteiger partial charge in [0.15, 0.2) is 0 Å². The first-order valence-electron chi connectivity index (χ1n) is 6.61. The van der Waals surface area contributed by atoms with Gasteiger partial charge in [0, 0.05) is 49.4 Å². The molecule has 2 N–H and O–H groups in total. The number of anilines is 1. The number of aromatic nitrogens is 1. The van der Waals surface area contributed by atoms with Gasteiger partial charge in [-0.2, -0.15) is 0 Å². The first kappa shape index (κ1) is 13.3. The molecular formula is C14H23N3O. The number of ether oxygens (including phenoxy) is 1. The zero-order chi connectivity index (χ0) is 13.1. The molecule has 0 spiro atoms. The van der Waals surface area contributed by atoms with Crippen molar-refractivity contribution in [3.8, 4) is 0 Å². The summed E-state index contributed by atoms with van der Waals surface area (Å²) in [7, 11) is 2.11. The minimum absolute atomic E-state index is 0.356. The first-order valence-corrected chi connectivity index (χ1v) is 6.61. The van der Waals surface area contributed by atoms with Crippen molar-refractivity contribution in [1.82, 2.24) is 4.98 Å². The molecular weight excluding hydrogens is 226 g/mol. The van der Waals surface area contributed by atoms with Gasteiger partial charge in [0.1, 0.15) is 0 Å². The van der Waals surface area contributed by atoms with E-state index < -0.39 is 0 Å². The van der Waals surface area contributed by atoms with E-state index in [2.05, 4.69) is 23.0 Å². The quantitative estimate of drug-likeness (QED) is 0.883. The maximum absolute atomic E-state index is 5.85. The molecule has 0 radical (unpaired) electrons. The van der Waals surface area contributed by atoms with Gasteiger partial charge in [0.25, 0.3) is 0 Å². The lowest BCUT2D eigenvalue weighted by atomic mass is 10.1. The molecule has 1 unspecified atom stereocenters. The van der Waals surface area contributed by atoms with Crippen molar-refractivity contribution in [2.45, 2.75) is 39.3 Å². The van der Waals surface area contributed by atoms with Crippen LogP contribution in [0.25, 0.3) is 0 Å². The smallest absolute Gasteiger partial charge is 0.0750 e. The van der Waals surface area contributed by atoms with Crippen LogP contribution < -0.4 is 10.6 Å². The third-order valence-electron chi connectivity index (χ3n) is 3.55. The monoisotopic (exact) mass is 249 g/mol. The van der Waals surface area contributed by atoms with Crippen LogP contribution in [0.1, 0.15) is 29.8 Å². The first-order chi connectivity index (χ1) is 8.61. The third kappa shape index (κ3) is 2.82. The topological polar surface area (TPSA) is 51.4 Å². The Hall–Kier alpha value is -1.13. The van der Waals surface area contributed by atoms with Crippen molar-refractivity contribution in [2.75, 3.05) is 25.1 Å². The van der Waals surface area contributed by atoms with Crippen molar-refractivity contribution in [2.24, 2.45) is 5.73 Å². The number of nitrogens with two attached hydrogens (primary N) is 1. The number of rotatable bonds is 4. The number of nitrogens with zero attached hydrogens (tertiary/aromatic N) is 2. The van der Waals surface area contributed by atoms with E-state index in [-0.39, 0.29) is 0 Å². The predicted octanol–water partition coefficient (Wildman–Crippen LogP) is 1.77. The van der Waals surface area contributed by atoms with Crippen molar-refractivity contribution < 1.29 is 4.74 Å². The van der Waals surface area contributed by atoms with E-state index >= 15 is 0 Å². The zero-order valence-corrected chi connectivity index (χ0v) is 11.6. The molecule has 100 valence electrons. The molecule has 1 fully saturated rings. The van der Waals surface area contributed by atoms with Gasteiger partial charge < -0.3 is 15.4 Å². The van der Waals surface area contributed by atoms with Gasteiger partial charge in [-0.05, 0) is 32.8 Å². The van der Waals surface area contributed by atoms with Crippen LogP contribution in [0.15, 0.2) is 6.07 Å². The maximum atomic E-state index is 5.85. The van der Waals surface area contributed by atoms with E-state index in [1.165, 1.54) is 12.1 Å². The second kappa shape index (κ2) is 5.67. The molecule has 0 bridgehead atoms. The third-order valence-corrected chi connectivity index (χ3v) is 3.55.